The van der Waals surface area contributed by atoms with Crippen molar-refractivity contribution < 1.29 is 5.11 Å². The highest BCUT2D eigenvalue weighted by atomic mass is 16.3. The maximum atomic E-state index is 10.0. The number of hydrogen-bond acceptors (Lipinski definition) is 6. The normalized spacial score (nSPS) is 18.5. The highest BCUT2D eigenvalue weighted by molar-refractivity contribution is 5.58. The topological polar surface area (TPSA) is 87.3 Å². The molecule has 1 aliphatic rings. The van der Waals surface area contributed by atoms with E-state index < -0.39 is 5.60 Å². The zero-order chi connectivity index (χ0) is 14.0. The molecule has 106 valence electrons. The number of hydrazine groups is 1. The molecule has 2 rings (SSSR count). The number of aromatic nitrogens is 2. The molecule has 0 spiro atoms. The number of nitrogens with one attached hydrogen (secondary N) is 1. The maximum absolute atomic E-state index is 10.0. The summed E-state index contributed by atoms with van der Waals surface area (Å²) in [6.07, 6.45) is 2.28. The van der Waals surface area contributed by atoms with Crippen LogP contribution in [0.5, 0.6) is 0 Å². The van der Waals surface area contributed by atoms with Crippen LogP contribution in [0.15, 0.2) is 0 Å². The summed E-state index contributed by atoms with van der Waals surface area (Å²) in [6, 6.07) is 0. The monoisotopic (exact) mass is 265 g/mol. The van der Waals surface area contributed by atoms with Gasteiger partial charge in [-0.3, -0.25) is 0 Å². The Morgan fingerprint density at radius 1 is 1.37 bits per heavy atom. The van der Waals surface area contributed by atoms with Gasteiger partial charge in [-0.15, -0.1) is 0 Å². The van der Waals surface area contributed by atoms with E-state index in [1.54, 1.807) is 0 Å². The van der Waals surface area contributed by atoms with Crippen molar-refractivity contribution >= 4 is 11.6 Å². The zero-order valence-corrected chi connectivity index (χ0v) is 11.9. The summed E-state index contributed by atoms with van der Waals surface area (Å²) in [5.74, 6) is 7.91. The highest BCUT2D eigenvalue weighted by Crippen LogP contribution is 2.29. The third-order valence-corrected chi connectivity index (χ3v) is 3.76. The Labute approximate surface area is 114 Å². The van der Waals surface area contributed by atoms with Crippen molar-refractivity contribution in [3.05, 3.63) is 11.4 Å². The fourth-order valence-electron chi connectivity index (χ4n) is 2.36. The molecule has 19 heavy (non-hydrogen) atoms. The van der Waals surface area contributed by atoms with Crippen LogP contribution in [0.25, 0.3) is 0 Å². The number of aliphatic hydroxyl groups is 1. The molecule has 0 saturated carbocycles. The van der Waals surface area contributed by atoms with Gasteiger partial charge in [0.2, 0.25) is 0 Å². The van der Waals surface area contributed by atoms with Crippen LogP contribution >= 0.6 is 0 Å². The molecule has 1 saturated heterocycles. The van der Waals surface area contributed by atoms with Gasteiger partial charge in [-0.2, -0.15) is 0 Å². The molecule has 6 heteroatoms. The van der Waals surface area contributed by atoms with E-state index in [1.807, 2.05) is 20.8 Å². The van der Waals surface area contributed by atoms with Gasteiger partial charge in [-0.05, 0) is 26.7 Å². The minimum absolute atomic E-state index is 0.556. The molecule has 1 aromatic heterocycles. The second kappa shape index (κ2) is 5.30. The lowest BCUT2D eigenvalue weighted by Gasteiger charge is -2.37. The van der Waals surface area contributed by atoms with Crippen LogP contribution in [0.4, 0.5) is 11.6 Å². The van der Waals surface area contributed by atoms with Gasteiger partial charge >= 0.3 is 0 Å². The number of hydrogen-bond donors (Lipinski definition) is 3. The highest BCUT2D eigenvalue weighted by Gasteiger charge is 2.29. The van der Waals surface area contributed by atoms with Crippen LogP contribution in [0.3, 0.4) is 0 Å². The molecule has 6 nitrogen and oxygen atoms in total. The first kappa shape index (κ1) is 14.0. The Balaban J connectivity index is 2.29. The van der Waals surface area contributed by atoms with Crippen LogP contribution in [0.2, 0.25) is 0 Å². The van der Waals surface area contributed by atoms with Gasteiger partial charge in [0.05, 0.1) is 5.60 Å². The molecule has 1 aromatic rings. The van der Waals surface area contributed by atoms with Gasteiger partial charge < -0.3 is 15.4 Å². The standard InChI is InChI=1S/C13H23N5O/c1-4-10-15-11(17-14)9(2)12(16-10)18-7-5-13(3,19)6-8-18/h19H,4-8,14H2,1-3H3,(H,15,16,17). The van der Waals surface area contributed by atoms with E-state index in [0.29, 0.717) is 5.82 Å². The van der Waals surface area contributed by atoms with Crippen molar-refractivity contribution in [3.8, 4) is 0 Å². The summed E-state index contributed by atoms with van der Waals surface area (Å²) in [4.78, 5) is 11.2. The molecule has 0 aromatic carbocycles. The molecule has 0 unspecified atom stereocenters. The Kier molecular flexibility index (Phi) is 3.91. The van der Waals surface area contributed by atoms with Crippen LogP contribution in [-0.4, -0.2) is 33.8 Å². The maximum Gasteiger partial charge on any atom is 0.148 e. The quantitative estimate of drug-likeness (QED) is 0.558. The number of nitrogens with zero attached hydrogens (tertiary/aromatic N) is 3. The molecule has 4 N–H and O–H groups in total. The minimum atomic E-state index is -0.556. The smallest absolute Gasteiger partial charge is 0.148 e. The first-order chi connectivity index (χ1) is 8.96. The molecule has 1 fully saturated rings. The molecule has 2 heterocycles. The van der Waals surface area contributed by atoms with Crippen LogP contribution in [0.1, 0.15) is 38.1 Å². The molecular weight excluding hydrogens is 242 g/mol. The van der Waals surface area contributed by atoms with Crippen LogP contribution < -0.4 is 16.2 Å². The second-order valence-electron chi connectivity index (χ2n) is 5.42. The molecule has 0 amide bonds. The van der Waals surface area contributed by atoms with Gasteiger partial charge in [0, 0.05) is 25.1 Å². The van der Waals surface area contributed by atoms with E-state index in [2.05, 4.69) is 20.3 Å². The third kappa shape index (κ3) is 2.96. The number of anilines is 2. The average molecular weight is 265 g/mol. The van der Waals surface area contributed by atoms with Crippen molar-refractivity contribution in [2.24, 2.45) is 5.84 Å². The van der Waals surface area contributed by atoms with Gasteiger partial charge in [-0.1, -0.05) is 6.92 Å². The summed E-state index contributed by atoms with van der Waals surface area (Å²) in [7, 11) is 0. The van der Waals surface area contributed by atoms with Gasteiger partial charge in [0.25, 0.3) is 0 Å². The van der Waals surface area contributed by atoms with Gasteiger partial charge in [0.1, 0.15) is 17.5 Å². The summed E-state index contributed by atoms with van der Waals surface area (Å²) in [6.45, 7) is 7.49. The summed E-state index contributed by atoms with van der Waals surface area (Å²) in [5.41, 5.74) is 3.04. The first-order valence-electron chi connectivity index (χ1n) is 6.78. The minimum Gasteiger partial charge on any atom is -0.390 e. The molecule has 0 atom stereocenters. The third-order valence-electron chi connectivity index (χ3n) is 3.76. The number of piperidine rings is 1. The lowest BCUT2D eigenvalue weighted by Crippen LogP contribution is -2.43. The SMILES string of the molecule is CCc1nc(NN)c(C)c(N2CCC(C)(O)CC2)n1. The van der Waals surface area contributed by atoms with E-state index in [4.69, 9.17) is 5.84 Å². The van der Waals surface area contributed by atoms with E-state index >= 15 is 0 Å². The van der Waals surface area contributed by atoms with Crippen LogP contribution in [0, 0.1) is 6.92 Å². The van der Waals surface area contributed by atoms with Gasteiger partial charge in [0.15, 0.2) is 0 Å². The van der Waals surface area contributed by atoms with Gasteiger partial charge in [-0.25, -0.2) is 15.8 Å². The van der Waals surface area contributed by atoms with Crippen LogP contribution in [-0.2, 0) is 6.42 Å². The molecule has 0 radical (unpaired) electrons. The van der Waals surface area contributed by atoms with E-state index in [0.717, 1.165) is 49.6 Å². The number of nitrogen functional groups attached to an aromatic ring is 1. The molecule has 0 bridgehead atoms. The van der Waals surface area contributed by atoms with Crippen molar-refractivity contribution in [1.82, 2.24) is 9.97 Å². The van der Waals surface area contributed by atoms with Crippen molar-refractivity contribution in [1.29, 1.82) is 0 Å². The van der Waals surface area contributed by atoms with E-state index in [1.165, 1.54) is 0 Å². The molecule has 0 aliphatic carbocycles. The Hall–Kier alpha value is -1.40. The van der Waals surface area contributed by atoms with E-state index in [-0.39, 0.29) is 0 Å². The summed E-state index contributed by atoms with van der Waals surface area (Å²) >= 11 is 0. The fraction of sp³-hybridized carbons (Fsp3) is 0.692. The predicted octanol–water partition coefficient (Wildman–Crippen LogP) is 0.984. The largest absolute Gasteiger partial charge is 0.390 e. The average Bonchev–Trinajstić information content (AvgIpc) is 2.39. The summed E-state index contributed by atoms with van der Waals surface area (Å²) < 4.78 is 0. The van der Waals surface area contributed by atoms with Crippen molar-refractivity contribution in [2.45, 2.75) is 45.6 Å². The number of rotatable bonds is 3. The Morgan fingerprint density at radius 3 is 2.53 bits per heavy atom. The van der Waals surface area contributed by atoms with E-state index in [9.17, 15) is 5.11 Å². The van der Waals surface area contributed by atoms with Crippen molar-refractivity contribution in [3.63, 3.8) is 0 Å². The molecular formula is C13H23N5O. The lowest BCUT2D eigenvalue weighted by atomic mass is 9.94. The summed E-state index contributed by atoms with van der Waals surface area (Å²) in [5, 5.41) is 10.0. The molecule has 1 aliphatic heterocycles. The zero-order valence-electron chi connectivity index (χ0n) is 11.9. The Morgan fingerprint density at radius 2 is 2.00 bits per heavy atom. The number of nitrogens with two attached hydrogens (primary N) is 1. The lowest BCUT2D eigenvalue weighted by molar-refractivity contribution is 0.0350. The predicted molar refractivity (Wildman–Crippen MR) is 76.0 cm³/mol. The second-order valence-corrected chi connectivity index (χ2v) is 5.42. The fourth-order valence-corrected chi connectivity index (χ4v) is 2.36. The first-order valence-corrected chi connectivity index (χ1v) is 6.78. The Bertz CT molecular complexity index is 451. The number of aryl methyl sites for hydroxylation is 1. The van der Waals surface area contributed by atoms with Crippen molar-refractivity contribution in [2.75, 3.05) is 23.4 Å².